The second kappa shape index (κ2) is 9.77. The standard InChI is InChI=1S/C22H22Cl2N2O3S2/c1-3-30-20-10-9-15(14-25-20)11-19(27)26-22(31(2,28)29)12-17(23)21(18(24)13-22)16-7-5-4-6-8-16/h4-10,12,14H,3,11,13H2,1-2H3,(H,26,27). The van der Waals surface area contributed by atoms with Crippen LogP contribution < -0.4 is 5.32 Å². The third-order valence-electron chi connectivity index (χ3n) is 4.82. The number of amides is 1. The maximum absolute atomic E-state index is 12.8. The quantitative estimate of drug-likeness (QED) is 0.558. The van der Waals surface area contributed by atoms with Crippen molar-refractivity contribution in [3.05, 3.63) is 75.9 Å². The van der Waals surface area contributed by atoms with E-state index in [1.54, 1.807) is 18.0 Å². The van der Waals surface area contributed by atoms with Gasteiger partial charge in [0.25, 0.3) is 0 Å². The minimum absolute atomic E-state index is 0.0142. The first kappa shape index (κ1) is 23.9. The van der Waals surface area contributed by atoms with Gasteiger partial charge in [0.2, 0.25) is 5.91 Å². The van der Waals surface area contributed by atoms with Crippen molar-refractivity contribution in [3.8, 4) is 0 Å². The number of aromatic nitrogens is 1. The summed E-state index contributed by atoms with van der Waals surface area (Å²) in [4.78, 5) is 15.4. The van der Waals surface area contributed by atoms with Gasteiger partial charge in [0.15, 0.2) is 14.7 Å². The molecular formula is C22H22Cl2N2O3S2. The zero-order chi connectivity index (χ0) is 22.6. The van der Waals surface area contributed by atoms with Crippen LogP contribution in [-0.2, 0) is 21.1 Å². The number of carbonyl (C=O) groups excluding carboxylic acids is 1. The largest absolute Gasteiger partial charge is 0.333 e. The Morgan fingerprint density at radius 2 is 1.90 bits per heavy atom. The van der Waals surface area contributed by atoms with Crippen molar-refractivity contribution < 1.29 is 13.2 Å². The van der Waals surface area contributed by atoms with Crippen LogP contribution in [0.5, 0.6) is 0 Å². The number of allylic oxidation sites excluding steroid dienone is 2. The number of hydrogen-bond donors (Lipinski definition) is 1. The highest BCUT2D eigenvalue weighted by Gasteiger charge is 2.44. The number of sulfone groups is 1. The number of benzene rings is 1. The van der Waals surface area contributed by atoms with Gasteiger partial charge in [-0.05, 0) is 29.0 Å². The molecule has 2 aromatic rings. The Kier molecular flexibility index (Phi) is 7.52. The molecule has 1 aromatic heterocycles. The van der Waals surface area contributed by atoms with Gasteiger partial charge < -0.3 is 5.32 Å². The lowest BCUT2D eigenvalue weighted by atomic mass is 9.96. The van der Waals surface area contributed by atoms with Crippen molar-refractivity contribution in [2.24, 2.45) is 0 Å². The molecule has 1 amide bonds. The Bertz CT molecular complexity index is 1130. The lowest BCUT2D eigenvalue weighted by molar-refractivity contribution is -0.121. The fourth-order valence-electron chi connectivity index (χ4n) is 3.30. The van der Waals surface area contributed by atoms with Crippen LogP contribution in [0.3, 0.4) is 0 Å². The first-order chi connectivity index (χ1) is 14.6. The molecule has 5 nitrogen and oxygen atoms in total. The van der Waals surface area contributed by atoms with Crippen molar-refractivity contribution in [2.75, 3.05) is 12.0 Å². The predicted octanol–water partition coefficient (Wildman–Crippen LogP) is 4.77. The molecule has 1 heterocycles. The summed E-state index contributed by atoms with van der Waals surface area (Å²) in [6.07, 6.45) is 3.93. The molecule has 164 valence electrons. The molecule has 1 atom stereocenters. The predicted molar refractivity (Wildman–Crippen MR) is 128 cm³/mol. The number of nitrogens with one attached hydrogen (secondary N) is 1. The van der Waals surface area contributed by atoms with E-state index in [0.29, 0.717) is 11.1 Å². The molecule has 0 aliphatic heterocycles. The van der Waals surface area contributed by atoms with E-state index >= 15 is 0 Å². The van der Waals surface area contributed by atoms with E-state index in [-0.39, 0.29) is 22.9 Å². The molecule has 0 radical (unpaired) electrons. The van der Waals surface area contributed by atoms with Crippen molar-refractivity contribution in [2.45, 2.75) is 29.7 Å². The lowest BCUT2D eigenvalue weighted by Crippen LogP contribution is -2.54. The maximum atomic E-state index is 12.8. The molecule has 1 aliphatic carbocycles. The molecule has 1 aromatic carbocycles. The molecule has 1 aliphatic rings. The SMILES string of the molecule is CCSc1ccc(CC(=O)NC2(S(C)(=O)=O)C=C(Cl)C(c3ccccc3)=C(Cl)C2)cn1. The second-order valence-electron chi connectivity index (χ2n) is 7.14. The molecule has 1 unspecified atom stereocenters. The molecule has 3 rings (SSSR count). The minimum atomic E-state index is -3.79. The van der Waals surface area contributed by atoms with Crippen LogP contribution in [-0.4, -0.2) is 36.2 Å². The molecule has 1 N–H and O–H groups in total. The Morgan fingerprint density at radius 1 is 1.19 bits per heavy atom. The highest BCUT2D eigenvalue weighted by Crippen LogP contribution is 2.42. The second-order valence-corrected chi connectivity index (χ2v) is 11.6. The number of thioether (sulfide) groups is 1. The van der Waals surface area contributed by atoms with Gasteiger partial charge >= 0.3 is 0 Å². The Labute approximate surface area is 196 Å². The van der Waals surface area contributed by atoms with E-state index in [0.717, 1.165) is 22.6 Å². The number of pyridine rings is 1. The molecule has 0 saturated heterocycles. The van der Waals surface area contributed by atoms with Crippen molar-refractivity contribution >= 4 is 56.3 Å². The topological polar surface area (TPSA) is 76.1 Å². The van der Waals surface area contributed by atoms with Crippen molar-refractivity contribution in [3.63, 3.8) is 0 Å². The molecule has 0 fully saturated rings. The molecule has 0 spiro atoms. The first-order valence-electron chi connectivity index (χ1n) is 9.56. The van der Waals surface area contributed by atoms with Crippen molar-refractivity contribution in [1.82, 2.24) is 10.3 Å². The van der Waals surface area contributed by atoms with Crippen LogP contribution >= 0.6 is 35.0 Å². The van der Waals surface area contributed by atoms with Crippen LogP contribution in [0, 0.1) is 0 Å². The number of carbonyl (C=O) groups is 1. The zero-order valence-corrected chi connectivity index (χ0v) is 20.2. The molecular weight excluding hydrogens is 475 g/mol. The molecule has 9 heteroatoms. The Morgan fingerprint density at radius 3 is 2.45 bits per heavy atom. The number of hydrogen-bond acceptors (Lipinski definition) is 5. The molecule has 31 heavy (non-hydrogen) atoms. The zero-order valence-electron chi connectivity index (χ0n) is 17.1. The number of nitrogens with zero attached hydrogens (tertiary/aromatic N) is 1. The van der Waals surface area contributed by atoms with Gasteiger partial charge in [0.1, 0.15) is 0 Å². The van der Waals surface area contributed by atoms with Crippen LogP contribution in [0.1, 0.15) is 24.5 Å². The highest BCUT2D eigenvalue weighted by atomic mass is 35.5. The molecule has 0 bridgehead atoms. The normalized spacial score (nSPS) is 19.2. The summed E-state index contributed by atoms with van der Waals surface area (Å²) in [7, 11) is -3.79. The minimum Gasteiger partial charge on any atom is -0.333 e. The van der Waals surface area contributed by atoms with Crippen LogP contribution in [0.4, 0.5) is 0 Å². The summed E-state index contributed by atoms with van der Waals surface area (Å²) in [5.41, 5.74) is 2.02. The third kappa shape index (κ3) is 5.52. The van der Waals surface area contributed by atoms with Gasteiger partial charge in [0.05, 0.1) is 11.4 Å². The summed E-state index contributed by atoms with van der Waals surface area (Å²) < 4.78 is 25.5. The summed E-state index contributed by atoms with van der Waals surface area (Å²) in [5, 5.41) is 3.97. The highest BCUT2D eigenvalue weighted by molar-refractivity contribution is 7.99. The summed E-state index contributed by atoms with van der Waals surface area (Å²) in [6, 6.07) is 12.9. The van der Waals surface area contributed by atoms with Crippen molar-refractivity contribution in [1.29, 1.82) is 0 Å². The fraction of sp³-hybridized carbons (Fsp3) is 0.273. The van der Waals surface area contributed by atoms with E-state index in [1.807, 2.05) is 49.4 Å². The lowest BCUT2D eigenvalue weighted by Gasteiger charge is -2.34. The van der Waals surface area contributed by atoms with E-state index in [1.165, 1.54) is 6.08 Å². The fourth-order valence-corrected chi connectivity index (χ4v) is 5.95. The van der Waals surface area contributed by atoms with Gasteiger partial charge in [-0.3, -0.25) is 4.79 Å². The van der Waals surface area contributed by atoms with Gasteiger partial charge in [-0.25, -0.2) is 13.4 Å². The third-order valence-corrected chi connectivity index (χ3v) is 7.95. The van der Waals surface area contributed by atoms with E-state index in [2.05, 4.69) is 10.3 Å². The first-order valence-corrected chi connectivity index (χ1v) is 13.2. The van der Waals surface area contributed by atoms with E-state index in [9.17, 15) is 13.2 Å². The number of halogens is 2. The monoisotopic (exact) mass is 496 g/mol. The van der Waals surface area contributed by atoms with E-state index in [4.69, 9.17) is 23.2 Å². The van der Waals surface area contributed by atoms with Gasteiger partial charge in [-0.1, -0.05) is 66.5 Å². The van der Waals surface area contributed by atoms with E-state index < -0.39 is 20.6 Å². The van der Waals surface area contributed by atoms with Gasteiger partial charge in [-0.15, -0.1) is 11.8 Å². The summed E-state index contributed by atoms with van der Waals surface area (Å²) in [5.74, 6) is 0.437. The summed E-state index contributed by atoms with van der Waals surface area (Å²) in [6.45, 7) is 2.03. The van der Waals surface area contributed by atoms with Crippen LogP contribution in [0.15, 0.2) is 69.8 Å². The summed E-state index contributed by atoms with van der Waals surface area (Å²) >= 11 is 14.6. The van der Waals surface area contributed by atoms with Gasteiger partial charge in [-0.2, -0.15) is 0 Å². The van der Waals surface area contributed by atoms with Crippen LogP contribution in [0.25, 0.3) is 5.57 Å². The average Bonchev–Trinajstić information content (AvgIpc) is 2.69. The Hall–Kier alpha value is -1.80. The van der Waals surface area contributed by atoms with Crippen LogP contribution in [0.2, 0.25) is 0 Å². The smallest absolute Gasteiger partial charge is 0.225 e. The average molecular weight is 497 g/mol. The van der Waals surface area contributed by atoms with Gasteiger partial charge in [0, 0.05) is 34.5 Å². The number of rotatable bonds is 7. The molecule has 0 saturated carbocycles. The maximum Gasteiger partial charge on any atom is 0.225 e. The Balaban J connectivity index is 1.86.